The third-order valence-electron chi connectivity index (χ3n) is 5.82. The number of hydrogen-bond donors (Lipinski definition) is 2. The van der Waals surface area contributed by atoms with Gasteiger partial charge in [0.2, 0.25) is 0 Å². The van der Waals surface area contributed by atoms with Crippen molar-refractivity contribution < 1.29 is 14.5 Å². The fourth-order valence-electron chi connectivity index (χ4n) is 3.98. The van der Waals surface area contributed by atoms with E-state index in [-0.39, 0.29) is 23.5 Å². The van der Waals surface area contributed by atoms with Gasteiger partial charge in [0.15, 0.2) is 0 Å². The van der Waals surface area contributed by atoms with E-state index in [1.165, 1.54) is 35.0 Å². The smallest absolute Gasteiger partial charge is 0.303 e. The Hall–Kier alpha value is -4.96. The summed E-state index contributed by atoms with van der Waals surface area (Å²) in [4.78, 5) is 50.5. The molecule has 1 aliphatic heterocycles. The van der Waals surface area contributed by atoms with Crippen molar-refractivity contribution >= 4 is 35.3 Å². The average molecular weight is 516 g/mol. The maximum atomic E-state index is 13.5. The molecule has 1 aliphatic rings. The zero-order chi connectivity index (χ0) is 26.1. The van der Waals surface area contributed by atoms with Crippen molar-refractivity contribution in [3.8, 4) is 16.9 Å². The third kappa shape index (κ3) is 4.53. The molecule has 3 amide bonds. The minimum absolute atomic E-state index is 0.0773. The number of imide groups is 1. The Morgan fingerprint density at radius 1 is 0.919 bits per heavy atom. The van der Waals surface area contributed by atoms with Crippen LogP contribution in [-0.2, 0) is 11.3 Å². The van der Waals surface area contributed by atoms with Crippen LogP contribution >= 0.6 is 11.6 Å². The van der Waals surface area contributed by atoms with Crippen molar-refractivity contribution in [2.45, 2.75) is 6.54 Å². The fraction of sp³-hybridized carbons (Fsp3) is 0.0385. The van der Waals surface area contributed by atoms with Gasteiger partial charge < -0.3 is 5.32 Å². The Morgan fingerprint density at radius 3 is 2.27 bits per heavy atom. The summed E-state index contributed by atoms with van der Waals surface area (Å²) in [7, 11) is 0. The minimum Gasteiger partial charge on any atom is -0.303 e. The van der Waals surface area contributed by atoms with Gasteiger partial charge >= 0.3 is 6.03 Å². The molecule has 0 radical (unpaired) electrons. The molecule has 2 N–H and O–H groups in total. The first kappa shape index (κ1) is 23.8. The first-order valence-corrected chi connectivity index (χ1v) is 11.4. The number of amides is 3. The summed E-state index contributed by atoms with van der Waals surface area (Å²) in [6.07, 6.45) is 1.34. The molecular formula is C26H18ClN5O5. The Balaban J connectivity index is 1.53. The second-order valence-electron chi connectivity index (χ2n) is 8.16. The summed E-state index contributed by atoms with van der Waals surface area (Å²) in [6.45, 7) is -0.0947. The number of nitrogens with one attached hydrogen (secondary N) is 2. The summed E-state index contributed by atoms with van der Waals surface area (Å²) in [6, 6.07) is 20.8. The van der Waals surface area contributed by atoms with Crippen LogP contribution in [0.25, 0.3) is 23.0 Å². The van der Waals surface area contributed by atoms with E-state index >= 15 is 0 Å². The molecule has 1 aromatic heterocycles. The van der Waals surface area contributed by atoms with Crippen LogP contribution in [0.2, 0.25) is 5.02 Å². The van der Waals surface area contributed by atoms with E-state index in [0.717, 1.165) is 4.90 Å². The molecule has 0 saturated carbocycles. The Labute approximate surface area is 214 Å². The highest BCUT2D eigenvalue weighted by atomic mass is 35.5. The number of urea groups is 1. The van der Waals surface area contributed by atoms with Crippen LogP contribution in [0.1, 0.15) is 11.1 Å². The lowest BCUT2D eigenvalue weighted by molar-refractivity contribution is -0.384. The quantitative estimate of drug-likeness (QED) is 0.169. The van der Waals surface area contributed by atoms with Crippen LogP contribution in [0.4, 0.5) is 10.5 Å². The van der Waals surface area contributed by atoms with Crippen LogP contribution in [0.3, 0.4) is 0 Å². The van der Waals surface area contributed by atoms with Gasteiger partial charge in [-0.1, -0.05) is 66.2 Å². The second kappa shape index (κ2) is 9.59. The molecule has 0 atom stereocenters. The fourth-order valence-corrected chi connectivity index (χ4v) is 4.20. The number of nitro benzene ring substituents is 1. The van der Waals surface area contributed by atoms with E-state index in [1.54, 1.807) is 36.4 Å². The molecule has 1 fully saturated rings. The largest absolute Gasteiger partial charge is 0.329 e. The van der Waals surface area contributed by atoms with Crippen molar-refractivity contribution in [3.05, 3.63) is 121 Å². The van der Waals surface area contributed by atoms with Gasteiger partial charge in [0, 0.05) is 17.7 Å². The summed E-state index contributed by atoms with van der Waals surface area (Å²) >= 11 is 6.32. The summed E-state index contributed by atoms with van der Waals surface area (Å²) < 4.78 is 1.28. The predicted molar refractivity (Wildman–Crippen MR) is 137 cm³/mol. The SMILES string of the molecule is O=C1NC(=Cc2c(-c3ccccc3)[nH]n(-c3ccccc3Cl)c2=O)C(=O)N1Cc1ccc([N+](=O)[O-])cc1. The molecule has 184 valence electrons. The topological polar surface area (TPSA) is 130 Å². The summed E-state index contributed by atoms with van der Waals surface area (Å²) in [5, 5.41) is 16.8. The number of aromatic amines is 1. The number of aromatic nitrogens is 2. The number of nitro groups is 1. The lowest BCUT2D eigenvalue weighted by Gasteiger charge is -2.11. The van der Waals surface area contributed by atoms with E-state index in [9.17, 15) is 24.5 Å². The third-order valence-corrected chi connectivity index (χ3v) is 6.14. The van der Waals surface area contributed by atoms with Crippen molar-refractivity contribution in [1.82, 2.24) is 20.0 Å². The summed E-state index contributed by atoms with van der Waals surface area (Å²) in [5.74, 6) is -0.632. The van der Waals surface area contributed by atoms with E-state index in [4.69, 9.17) is 11.6 Å². The normalized spacial score (nSPS) is 14.3. The maximum Gasteiger partial charge on any atom is 0.329 e. The van der Waals surface area contributed by atoms with Gasteiger partial charge in [-0.2, -0.15) is 0 Å². The Kier molecular flexibility index (Phi) is 6.16. The van der Waals surface area contributed by atoms with Crippen LogP contribution < -0.4 is 10.9 Å². The minimum atomic E-state index is -0.669. The predicted octanol–water partition coefficient (Wildman–Crippen LogP) is 4.49. The van der Waals surface area contributed by atoms with Crippen molar-refractivity contribution in [2.24, 2.45) is 0 Å². The van der Waals surface area contributed by atoms with Gasteiger partial charge in [0.25, 0.3) is 17.2 Å². The van der Waals surface area contributed by atoms with E-state index in [2.05, 4.69) is 10.4 Å². The zero-order valence-electron chi connectivity index (χ0n) is 19.1. The van der Waals surface area contributed by atoms with E-state index in [0.29, 0.717) is 27.5 Å². The van der Waals surface area contributed by atoms with Gasteiger partial charge in [-0.25, -0.2) is 9.48 Å². The van der Waals surface area contributed by atoms with Crippen LogP contribution in [0.5, 0.6) is 0 Å². The molecule has 10 nitrogen and oxygen atoms in total. The maximum absolute atomic E-state index is 13.5. The van der Waals surface area contributed by atoms with Crippen LogP contribution in [-0.4, -0.2) is 31.5 Å². The lowest BCUT2D eigenvalue weighted by atomic mass is 10.1. The molecule has 4 aromatic rings. The number of H-pyrrole nitrogens is 1. The number of nitrogens with zero attached hydrogens (tertiary/aromatic N) is 3. The highest BCUT2D eigenvalue weighted by Gasteiger charge is 2.34. The molecule has 3 aromatic carbocycles. The zero-order valence-corrected chi connectivity index (χ0v) is 19.8. The monoisotopic (exact) mass is 515 g/mol. The first-order valence-electron chi connectivity index (χ1n) is 11.1. The molecular weight excluding hydrogens is 498 g/mol. The number of carbonyl (C=O) groups is 2. The molecule has 1 saturated heterocycles. The lowest BCUT2D eigenvalue weighted by Crippen LogP contribution is -2.30. The first-order chi connectivity index (χ1) is 17.8. The van der Waals surface area contributed by atoms with Gasteiger partial charge in [-0.15, -0.1) is 0 Å². The average Bonchev–Trinajstić information content (AvgIpc) is 3.36. The highest BCUT2D eigenvalue weighted by Crippen LogP contribution is 2.26. The van der Waals surface area contributed by atoms with Crippen molar-refractivity contribution in [1.29, 1.82) is 0 Å². The number of hydrogen-bond acceptors (Lipinski definition) is 5. The highest BCUT2D eigenvalue weighted by molar-refractivity contribution is 6.32. The number of para-hydroxylation sites is 1. The van der Waals surface area contributed by atoms with Gasteiger partial charge in [0.05, 0.1) is 33.4 Å². The van der Waals surface area contributed by atoms with Crippen molar-refractivity contribution in [3.63, 3.8) is 0 Å². The number of carbonyl (C=O) groups excluding carboxylic acids is 2. The molecule has 0 aliphatic carbocycles. The van der Waals surface area contributed by atoms with Crippen LogP contribution in [0.15, 0.2) is 89.4 Å². The molecule has 0 bridgehead atoms. The van der Waals surface area contributed by atoms with E-state index in [1.807, 2.05) is 18.2 Å². The van der Waals surface area contributed by atoms with Gasteiger partial charge in [-0.05, 0) is 23.8 Å². The van der Waals surface area contributed by atoms with Crippen LogP contribution in [0, 0.1) is 10.1 Å². The van der Waals surface area contributed by atoms with Crippen molar-refractivity contribution in [2.75, 3.05) is 0 Å². The second-order valence-corrected chi connectivity index (χ2v) is 8.57. The standard InChI is InChI=1S/C26H18ClN5O5/c27-20-8-4-5-9-22(20)31-24(33)19(23(29-31)17-6-2-1-3-7-17)14-21-25(34)30(26(35)28-21)15-16-10-12-18(13-11-16)32(36)37/h1-14,29H,15H2,(H,28,35). The number of non-ortho nitro benzene ring substituents is 1. The molecule has 0 spiro atoms. The Morgan fingerprint density at radius 2 is 1.59 bits per heavy atom. The number of halogens is 1. The summed E-state index contributed by atoms with van der Waals surface area (Å²) in [5.41, 5.74) is 1.61. The van der Waals surface area contributed by atoms with E-state index < -0.39 is 22.4 Å². The van der Waals surface area contributed by atoms with Gasteiger partial charge in [-0.3, -0.25) is 29.7 Å². The Bertz CT molecular complexity index is 1620. The number of rotatable bonds is 6. The molecule has 11 heteroatoms. The molecule has 5 rings (SSSR count). The molecule has 0 unspecified atom stereocenters. The molecule has 37 heavy (non-hydrogen) atoms. The van der Waals surface area contributed by atoms with Gasteiger partial charge in [0.1, 0.15) is 5.70 Å². The number of benzene rings is 3. The molecule has 2 heterocycles.